The van der Waals surface area contributed by atoms with Gasteiger partial charge in [0.05, 0.1) is 11.0 Å². The average Bonchev–Trinajstić information content (AvgIpc) is 3.04. The molecule has 92 valence electrons. The van der Waals surface area contributed by atoms with Crippen LogP contribution in [0.5, 0.6) is 0 Å². The van der Waals surface area contributed by atoms with Crippen LogP contribution in [0.25, 0.3) is 0 Å². The van der Waals surface area contributed by atoms with Crippen molar-refractivity contribution in [1.29, 1.82) is 0 Å². The summed E-state index contributed by atoms with van der Waals surface area (Å²) >= 11 is 0. The van der Waals surface area contributed by atoms with E-state index in [1.165, 1.54) is 0 Å². The van der Waals surface area contributed by atoms with Gasteiger partial charge in [0.25, 0.3) is 0 Å². The van der Waals surface area contributed by atoms with Crippen LogP contribution in [0.4, 0.5) is 0 Å². The number of hydrogen-bond donors (Lipinski definition) is 1. The SMILES string of the molecule is NCCC1CN(C(=O)C2CC2)CCS1(=O)=O. The first-order chi connectivity index (χ1) is 7.54. The lowest BCUT2D eigenvalue weighted by Crippen LogP contribution is -2.50. The number of rotatable bonds is 3. The molecule has 0 bridgehead atoms. The van der Waals surface area contributed by atoms with Crippen LogP contribution in [0, 0.1) is 5.92 Å². The molecule has 1 heterocycles. The first kappa shape index (κ1) is 11.9. The van der Waals surface area contributed by atoms with E-state index >= 15 is 0 Å². The molecule has 1 unspecified atom stereocenters. The summed E-state index contributed by atoms with van der Waals surface area (Å²) < 4.78 is 23.5. The zero-order valence-electron chi connectivity index (χ0n) is 9.26. The topological polar surface area (TPSA) is 80.5 Å². The maximum atomic E-state index is 11.8. The van der Waals surface area contributed by atoms with Crippen molar-refractivity contribution in [2.45, 2.75) is 24.5 Å². The summed E-state index contributed by atoms with van der Waals surface area (Å²) in [6.07, 6.45) is 2.38. The predicted molar refractivity (Wildman–Crippen MR) is 60.6 cm³/mol. The average molecular weight is 246 g/mol. The third kappa shape index (κ3) is 2.38. The van der Waals surface area contributed by atoms with Crippen LogP contribution in [0.15, 0.2) is 0 Å². The van der Waals surface area contributed by atoms with Crippen molar-refractivity contribution < 1.29 is 13.2 Å². The molecule has 16 heavy (non-hydrogen) atoms. The molecule has 0 aromatic carbocycles. The molecule has 0 radical (unpaired) electrons. The Morgan fingerprint density at radius 2 is 2.06 bits per heavy atom. The van der Waals surface area contributed by atoms with Gasteiger partial charge in [-0.15, -0.1) is 0 Å². The summed E-state index contributed by atoms with van der Waals surface area (Å²) in [7, 11) is -3.03. The van der Waals surface area contributed by atoms with Crippen LogP contribution >= 0.6 is 0 Å². The molecule has 0 spiro atoms. The van der Waals surface area contributed by atoms with Gasteiger partial charge in [0, 0.05) is 19.0 Å². The van der Waals surface area contributed by atoms with Gasteiger partial charge in [0.15, 0.2) is 9.84 Å². The van der Waals surface area contributed by atoms with Gasteiger partial charge in [-0.3, -0.25) is 4.79 Å². The number of sulfone groups is 1. The molecule has 1 aliphatic heterocycles. The molecule has 5 nitrogen and oxygen atoms in total. The Bertz CT molecular complexity index is 376. The minimum Gasteiger partial charge on any atom is -0.340 e. The highest BCUT2D eigenvalue weighted by Crippen LogP contribution is 2.32. The van der Waals surface area contributed by atoms with Gasteiger partial charge >= 0.3 is 0 Å². The van der Waals surface area contributed by atoms with Crippen LogP contribution in [-0.4, -0.2) is 49.9 Å². The van der Waals surface area contributed by atoms with E-state index in [9.17, 15) is 13.2 Å². The lowest BCUT2D eigenvalue weighted by atomic mass is 10.2. The highest BCUT2D eigenvalue weighted by atomic mass is 32.2. The fourth-order valence-electron chi connectivity index (χ4n) is 2.10. The van der Waals surface area contributed by atoms with Crippen LogP contribution < -0.4 is 5.73 Å². The lowest BCUT2D eigenvalue weighted by Gasteiger charge is -2.32. The largest absolute Gasteiger partial charge is 0.340 e. The number of carbonyl (C=O) groups excluding carboxylic acids is 1. The van der Waals surface area contributed by atoms with Crippen molar-refractivity contribution in [3.8, 4) is 0 Å². The quantitative estimate of drug-likeness (QED) is 0.719. The second-order valence-corrected chi connectivity index (χ2v) is 7.03. The van der Waals surface area contributed by atoms with Crippen molar-refractivity contribution in [3.05, 3.63) is 0 Å². The molecule has 2 N–H and O–H groups in total. The second kappa shape index (κ2) is 4.33. The minimum absolute atomic E-state index is 0.0934. The summed E-state index contributed by atoms with van der Waals surface area (Å²) in [4.78, 5) is 13.5. The van der Waals surface area contributed by atoms with E-state index in [0.29, 0.717) is 26.1 Å². The van der Waals surface area contributed by atoms with E-state index in [1.807, 2.05) is 0 Å². The fraction of sp³-hybridized carbons (Fsp3) is 0.900. The van der Waals surface area contributed by atoms with Crippen molar-refractivity contribution in [2.24, 2.45) is 11.7 Å². The number of nitrogens with zero attached hydrogens (tertiary/aromatic N) is 1. The van der Waals surface area contributed by atoms with E-state index in [2.05, 4.69) is 0 Å². The van der Waals surface area contributed by atoms with Crippen molar-refractivity contribution >= 4 is 15.7 Å². The Balaban J connectivity index is 2.02. The molecule has 1 aliphatic carbocycles. The summed E-state index contributed by atoms with van der Waals surface area (Å²) in [5, 5.41) is -0.450. The molecule has 1 amide bonds. The standard InChI is InChI=1S/C10H18N2O3S/c11-4-3-9-7-12(5-6-16(9,14)15)10(13)8-1-2-8/h8-9H,1-7,11H2. The summed E-state index contributed by atoms with van der Waals surface area (Å²) in [6, 6.07) is 0. The van der Waals surface area contributed by atoms with Gasteiger partial charge in [-0.05, 0) is 25.8 Å². The third-order valence-corrected chi connectivity index (χ3v) is 5.46. The summed E-state index contributed by atoms with van der Waals surface area (Å²) in [5.41, 5.74) is 5.41. The zero-order valence-corrected chi connectivity index (χ0v) is 10.1. The van der Waals surface area contributed by atoms with E-state index < -0.39 is 15.1 Å². The predicted octanol–water partition coefficient (Wildman–Crippen LogP) is -0.629. The molecule has 2 aliphatic rings. The van der Waals surface area contributed by atoms with Crippen molar-refractivity contribution in [1.82, 2.24) is 4.90 Å². The Hall–Kier alpha value is -0.620. The lowest BCUT2D eigenvalue weighted by molar-refractivity contribution is -0.132. The number of nitrogens with two attached hydrogens (primary N) is 1. The van der Waals surface area contributed by atoms with Crippen LogP contribution in [0.1, 0.15) is 19.3 Å². The number of carbonyl (C=O) groups is 1. The summed E-state index contributed by atoms with van der Waals surface area (Å²) in [5.74, 6) is 0.395. The third-order valence-electron chi connectivity index (χ3n) is 3.30. The molecule has 2 fully saturated rings. The molecule has 1 atom stereocenters. The molecule has 1 saturated heterocycles. The van der Waals surface area contributed by atoms with Gasteiger partial charge in [0.1, 0.15) is 0 Å². The normalized spacial score (nSPS) is 29.1. The smallest absolute Gasteiger partial charge is 0.225 e. The summed E-state index contributed by atoms with van der Waals surface area (Å²) in [6.45, 7) is 1.06. The molecular formula is C10H18N2O3S. The molecule has 0 aromatic rings. The van der Waals surface area contributed by atoms with E-state index in [1.54, 1.807) is 4.90 Å². The van der Waals surface area contributed by atoms with Gasteiger partial charge in [0.2, 0.25) is 5.91 Å². The molecule has 6 heteroatoms. The van der Waals surface area contributed by atoms with Crippen molar-refractivity contribution in [2.75, 3.05) is 25.4 Å². The van der Waals surface area contributed by atoms with Crippen LogP contribution in [0.3, 0.4) is 0 Å². The maximum absolute atomic E-state index is 11.8. The number of hydrogen-bond acceptors (Lipinski definition) is 4. The molecule has 2 rings (SSSR count). The Kier molecular flexibility index (Phi) is 3.21. The molecular weight excluding hydrogens is 228 g/mol. The number of amides is 1. The van der Waals surface area contributed by atoms with E-state index in [0.717, 1.165) is 12.8 Å². The molecule has 0 aromatic heterocycles. The monoisotopic (exact) mass is 246 g/mol. The van der Waals surface area contributed by atoms with Crippen molar-refractivity contribution in [3.63, 3.8) is 0 Å². The van der Waals surface area contributed by atoms with Gasteiger partial charge in [-0.1, -0.05) is 0 Å². The minimum atomic E-state index is -3.03. The molecule has 1 saturated carbocycles. The second-order valence-electron chi connectivity index (χ2n) is 4.62. The van der Waals surface area contributed by atoms with Gasteiger partial charge < -0.3 is 10.6 Å². The Morgan fingerprint density at radius 1 is 1.38 bits per heavy atom. The maximum Gasteiger partial charge on any atom is 0.225 e. The highest BCUT2D eigenvalue weighted by molar-refractivity contribution is 7.92. The Labute approximate surface area is 95.9 Å². The van der Waals surface area contributed by atoms with Gasteiger partial charge in [-0.25, -0.2) is 8.42 Å². The first-order valence-electron chi connectivity index (χ1n) is 5.75. The highest BCUT2D eigenvalue weighted by Gasteiger charge is 2.39. The first-order valence-corrected chi connectivity index (χ1v) is 7.46. The van der Waals surface area contributed by atoms with Crippen LogP contribution in [-0.2, 0) is 14.6 Å². The Morgan fingerprint density at radius 3 is 2.62 bits per heavy atom. The van der Waals surface area contributed by atoms with Gasteiger partial charge in [-0.2, -0.15) is 0 Å². The zero-order chi connectivity index (χ0) is 11.8. The van der Waals surface area contributed by atoms with Crippen LogP contribution in [0.2, 0.25) is 0 Å². The van der Waals surface area contributed by atoms with E-state index in [4.69, 9.17) is 5.73 Å². The fourth-order valence-corrected chi connectivity index (χ4v) is 3.81. The van der Waals surface area contributed by atoms with E-state index in [-0.39, 0.29) is 17.6 Å².